The Morgan fingerprint density at radius 1 is 1.39 bits per heavy atom. The molecular formula is C16H15BrN4O2. The molecule has 0 aromatic heterocycles. The van der Waals surface area contributed by atoms with Crippen LogP contribution >= 0.6 is 15.9 Å². The van der Waals surface area contributed by atoms with Crippen LogP contribution in [-0.4, -0.2) is 36.7 Å². The molecule has 0 spiro atoms. The number of amides is 1. The standard InChI is InChI=1S/C16H15BrN4O2/c1-9-6-14-19-16(22)11(15(18)21(14)23-9)7-10-4-5-13(20(2)3)12(17)8-10/h4-8,18H,1-3H3/b11-7+,18-15?. The summed E-state index contributed by atoms with van der Waals surface area (Å²) in [4.78, 5) is 23.5. The zero-order valence-electron chi connectivity index (χ0n) is 12.9. The number of anilines is 1. The molecule has 6 nitrogen and oxygen atoms in total. The van der Waals surface area contributed by atoms with Crippen molar-refractivity contribution in [1.82, 2.24) is 5.06 Å². The highest BCUT2D eigenvalue weighted by Gasteiger charge is 2.34. The highest BCUT2D eigenvalue weighted by atomic mass is 79.9. The minimum absolute atomic E-state index is 0.0130. The summed E-state index contributed by atoms with van der Waals surface area (Å²) in [5.74, 6) is 0.490. The molecule has 3 rings (SSSR count). The minimum Gasteiger partial charge on any atom is -0.377 e. The monoisotopic (exact) mass is 374 g/mol. The summed E-state index contributed by atoms with van der Waals surface area (Å²) in [7, 11) is 3.91. The molecule has 0 saturated carbocycles. The summed E-state index contributed by atoms with van der Waals surface area (Å²) in [6, 6.07) is 5.73. The first kappa shape index (κ1) is 15.5. The molecule has 1 amide bonds. The quantitative estimate of drug-likeness (QED) is 0.807. The van der Waals surface area contributed by atoms with Crippen LogP contribution in [0, 0.1) is 5.41 Å². The van der Waals surface area contributed by atoms with Gasteiger partial charge in [0.1, 0.15) is 5.76 Å². The van der Waals surface area contributed by atoms with Crippen molar-refractivity contribution in [2.24, 2.45) is 4.99 Å². The van der Waals surface area contributed by atoms with Gasteiger partial charge in [0.25, 0.3) is 5.91 Å². The van der Waals surface area contributed by atoms with E-state index in [1.54, 1.807) is 19.1 Å². The fourth-order valence-corrected chi connectivity index (χ4v) is 3.09. The summed E-state index contributed by atoms with van der Waals surface area (Å²) < 4.78 is 0.908. The lowest BCUT2D eigenvalue weighted by Crippen LogP contribution is -2.38. The first-order chi connectivity index (χ1) is 10.9. The Morgan fingerprint density at radius 3 is 2.78 bits per heavy atom. The van der Waals surface area contributed by atoms with Gasteiger partial charge in [0.05, 0.1) is 11.3 Å². The van der Waals surface area contributed by atoms with Gasteiger partial charge in [0.15, 0.2) is 11.7 Å². The van der Waals surface area contributed by atoms with E-state index in [9.17, 15) is 4.79 Å². The number of nitrogens with one attached hydrogen (secondary N) is 1. The molecule has 0 atom stereocenters. The summed E-state index contributed by atoms with van der Waals surface area (Å²) in [5.41, 5.74) is 2.03. The molecule has 0 fully saturated rings. The van der Waals surface area contributed by atoms with Gasteiger partial charge in [-0.25, -0.2) is 0 Å². The number of nitrogens with zero attached hydrogens (tertiary/aromatic N) is 3. The van der Waals surface area contributed by atoms with Gasteiger partial charge in [0.2, 0.25) is 0 Å². The average Bonchev–Trinajstić information content (AvgIpc) is 2.83. The lowest BCUT2D eigenvalue weighted by Gasteiger charge is -2.23. The minimum atomic E-state index is -0.441. The van der Waals surface area contributed by atoms with Gasteiger partial charge in [-0.3, -0.25) is 10.2 Å². The molecule has 2 aliphatic heterocycles. The Hall–Kier alpha value is -2.41. The van der Waals surface area contributed by atoms with Crippen LogP contribution in [0.2, 0.25) is 0 Å². The molecule has 118 valence electrons. The van der Waals surface area contributed by atoms with Crippen LogP contribution in [0.3, 0.4) is 0 Å². The van der Waals surface area contributed by atoms with Crippen LogP contribution in [0.4, 0.5) is 5.69 Å². The van der Waals surface area contributed by atoms with E-state index >= 15 is 0 Å². The molecule has 0 bridgehead atoms. The van der Waals surface area contributed by atoms with Gasteiger partial charge in [-0.05, 0) is 46.6 Å². The Kier molecular flexibility index (Phi) is 3.81. The van der Waals surface area contributed by atoms with Crippen LogP contribution in [-0.2, 0) is 9.63 Å². The number of carbonyl (C=O) groups is 1. The van der Waals surface area contributed by atoms with Crippen molar-refractivity contribution in [1.29, 1.82) is 5.41 Å². The zero-order valence-corrected chi connectivity index (χ0v) is 14.5. The smallest absolute Gasteiger partial charge is 0.282 e. The maximum Gasteiger partial charge on any atom is 0.282 e. The molecule has 1 aromatic carbocycles. The maximum absolute atomic E-state index is 12.2. The van der Waals surface area contributed by atoms with Gasteiger partial charge in [-0.1, -0.05) is 6.07 Å². The number of amidine groups is 2. The van der Waals surface area contributed by atoms with Crippen LogP contribution < -0.4 is 4.90 Å². The van der Waals surface area contributed by atoms with Crippen LogP contribution in [0.15, 0.2) is 45.1 Å². The third-order valence-electron chi connectivity index (χ3n) is 3.44. The lowest BCUT2D eigenvalue weighted by atomic mass is 10.1. The van der Waals surface area contributed by atoms with Crippen LogP contribution in [0.5, 0.6) is 0 Å². The largest absolute Gasteiger partial charge is 0.377 e. The second-order valence-electron chi connectivity index (χ2n) is 5.43. The van der Waals surface area contributed by atoms with Gasteiger partial charge in [0, 0.05) is 24.6 Å². The molecule has 2 heterocycles. The average molecular weight is 375 g/mol. The third kappa shape index (κ3) is 2.79. The highest BCUT2D eigenvalue weighted by molar-refractivity contribution is 9.10. The molecular weight excluding hydrogens is 360 g/mol. The summed E-state index contributed by atoms with van der Waals surface area (Å²) in [5, 5.41) is 9.44. The fourth-order valence-electron chi connectivity index (χ4n) is 2.34. The van der Waals surface area contributed by atoms with E-state index in [1.165, 1.54) is 5.06 Å². The van der Waals surface area contributed by atoms with E-state index in [4.69, 9.17) is 10.2 Å². The molecule has 23 heavy (non-hydrogen) atoms. The molecule has 2 aliphatic rings. The Labute approximate surface area is 142 Å². The van der Waals surface area contributed by atoms with E-state index in [0.29, 0.717) is 11.6 Å². The van der Waals surface area contributed by atoms with Crippen molar-refractivity contribution in [2.45, 2.75) is 6.92 Å². The number of halogens is 1. The van der Waals surface area contributed by atoms with E-state index in [0.717, 1.165) is 15.7 Å². The van der Waals surface area contributed by atoms with Crippen molar-refractivity contribution in [3.63, 3.8) is 0 Å². The number of carbonyl (C=O) groups excluding carboxylic acids is 1. The molecule has 0 radical (unpaired) electrons. The summed E-state index contributed by atoms with van der Waals surface area (Å²) in [6.45, 7) is 1.75. The van der Waals surface area contributed by atoms with E-state index < -0.39 is 5.91 Å². The van der Waals surface area contributed by atoms with Crippen molar-refractivity contribution in [3.05, 3.63) is 45.6 Å². The normalized spacial score (nSPS) is 18.6. The number of hydrogen-bond donors (Lipinski definition) is 1. The van der Waals surface area contributed by atoms with Crippen LogP contribution in [0.25, 0.3) is 6.08 Å². The maximum atomic E-state index is 12.2. The third-order valence-corrected chi connectivity index (χ3v) is 4.08. The molecule has 0 aliphatic carbocycles. The Morgan fingerprint density at radius 2 is 2.13 bits per heavy atom. The SMILES string of the molecule is CC1=CC2=NC(=O)/C(=C/c3ccc(N(C)C)c(Br)c3)C(=N)N2O1. The number of hydrogen-bond acceptors (Lipinski definition) is 4. The zero-order chi connectivity index (χ0) is 16.7. The van der Waals surface area contributed by atoms with Gasteiger partial charge in [-0.15, -0.1) is 5.06 Å². The molecule has 0 saturated heterocycles. The van der Waals surface area contributed by atoms with Crippen molar-refractivity contribution >= 4 is 45.3 Å². The molecule has 1 N–H and O–H groups in total. The second-order valence-corrected chi connectivity index (χ2v) is 6.28. The number of fused-ring (bicyclic) bond motifs is 1. The van der Waals surface area contributed by atoms with Crippen molar-refractivity contribution < 1.29 is 9.63 Å². The van der Waals surface area contributed by atoms with Crippen molar-refractivity contribution in [2.75, 3.05) is 19.0 Å². The number of hydroxylamine groups is 2. The van der Waals surface area contributed by atoms with Crippen LogP contribution in [0.1, 0.15) is 12.5 Å². The molecule has 7 heteroatoms. The highest BCUT2D eigenvalue weighted by Crippen LogP contribution is 2.28. The van der Waals surface area contributed by atoms with E-state index in [-0.39, 0.29) is 11.4 Å². The predicted molar refractivity (Wildman–Crippen MR) is 93.3 cm³/mol. The molecule has 1 aromatic rings. The van der Waals surface area contributed by atoms with E-state index in [1.807, 2.05) is 37.2 Å². The van der Waals surface area contributed by atoms with E-state index in [2.05, 4.69) is 20.9 Å². The fraction of sp³-hybridized carbons (Fsp3) is 0.188. The second kappa shape index (κ2) is 5.66. The number of aliphatic imine (C=N–C) groups is 1. The first-order valence-corrected chi connectivity index (χ1v) is 7.73. The Balaban J connectivity index is 1.96. The predicted octanol–water partition coefficient (Wildman–Crippen LogP) is 2.97. The van der Waals surface area contributed by atoms with Gasteiger partial charge >= 0.3 is 0 Å². The lowest BCUT2D eigenvalue weighted by molar-refractivity contribution is -0.114. The number of rotatable bonds is 2. The number of benzene rings is 1. The topological polar surface area (TPSA) is 69.0 Å². The Bertz CT molecular complexity index is 808. The molecule has 0 unspecified atom stereocenters. The van der Waals surface area contributed by atoms with Gasteiger partial charge < -0.3 is 9.74 Å². The number of allylic oxidation sites excluding steroid dienone is 1. The summed E-state index contributed by atoms with van der Waals surface area (Å²) in [6.07, 6.45) is 3.28. The summed E-state index contributed by atoms with van der Waals surface area (Å²) >= 11 is 3.52. The van der Waals surface area contributed by atoms with Crippen molar-refractivity contribution in [3.8, 4) is 0 Å². The first-order valence-electron chi connectivity index (χ1n) is 6.94. The van der Waals surface area contributed by atoms with Gasteiger partial charge in [-0.2, -0.15) is 4.99 Å².